The van der Waals surface area contributed by atoms with Crippen molar-refractivity contribution >= 4 is 58.7 Å². The molecular weight excluding hydrogens is 1040 g/mol. The summed E-state index contributed by atoms with van der Waals surface area (Å²) in [5, 5.41) is 0. The maximum absolute atomic E-state index is 13.5. The van der Waals surface area contributed by atoms with Gasteiger partial charge in [-0.05, 0) is 91.6 Å². The molecule has 4 aromatic heterocycles. The second kappa shape index (κ2) is 24.4. The molecule has 1 atom stereocenters. The van der Waals surface area contributed by atoms with Crippen LogP contribution in [0.5, 0.6) is 23.0 Å². The number of aromatic nitrogens is 4. The van der Waals surface area contributed by atoms with E-state index in [1.54, 1.807) is 77.2 Å². The lowest BCUT2D eigenvalue weighted by atomic mass is 9.74. The average Bonchev–Trinajstić information content (AvgIpc) is 4.26. The molecule has 6 aromatic rings. The largest absolute Gasteiger partial charge is 0.462 e. The fourth-order valence-corrected chi connectivity index (χ4v) is 11.4. The predicted octanol–water partition coefficient (Wildman–Crippen LogP) is 10.6. The monoisotopic (exact) mass is 1100 g/mol. The summed E-state index contributed by atoms with van der Waals surface area (Å²) in [6.45, 7) is 19.3. The highest BCUT2D eigenvalue weighted by Crippen LogP contribution is 2.59. The molecule has 408 valence electrons. The molecule has 2 aromatic carbocycles. The SMILES string of the molecule is CCOC(=O)c1ccn(P(Oc2cc(C)cc3c2Oc2c(OP(n4cc(C(=O)OCC)c(C(=O)OCC)c4)n4cc(C(=O)OCC)c(C(=O)OCC)c4)cc(C)cc2C3(C)C)n2cc(C(=O)OCC)c(C(=O)OCC)c2)c1. The topological polar surface area (TPSA) is 232 Å². The Hall–Kier alpha value is -7.89. The quantitative estimate of drug-likeness (QED) is 0.0349. The van der Waals surface area contributed by atoms with Gasteiger partial charge in [0, 0.05) is 66.1 Å². The van der Waals surface area contributed by atoms with Gasteiger partial charge in [0.2, 0.25) is 0 Å². The predicted molar refractivity (Wildman–Crippen MR) is 281 cm³/mol. The van der Waals surface area contributed by atoms with Crippen molar-refractivity contribution in [2.75, 3.05) is 46.2 Å². The van der Waals surface area contributed by atoms with Crippen LogP contribution in [0.4, 0.5) is 0 Å². The van der Waals surface area contributed by atoms with Gasteiger partial charge in [0.1, 0.15) is 0 Å². The molecule has 21 nitrogen and oxygen atoms in total. The second-order valence-electron chi connectivity index (χ2n) is 17.4. The maximum Gasteiger partial charge on any atom is 0.340 e. The third-order valence-electron chi connectivity index (χ3n) is 11.7. The smallest absolute Gasteiger partial charge is 0.340 e. The van der Waals surface area contributed by atoms with E-state index in [0.717, 1.165) is 11.1 Å². The summed E-state index contributed by atoms with van der Waals surface area (Å²) in [4.78, 5) is 93.9. The molecule has 5 heterocycles. The minimum Gasteiger partial charge on any atom is -0.462 e. The molecule has 0 fully saturated rings. The van der Waals surface area contributed by atoms with Crippen molar-refractivity contribution < 1.29 is 80.5 Å². The molecule has 1 aliphatic rings. The van der Waals surface area contributed by atoms with Crippen LogP contribution in [0.2, 0.25) is 0 Å². The number of nitrogens with zero attached hydrogens (tertiary/aromatic N) is 4. The van der Waals surface area contributed by atoms with Crippen LogP contribution in [0, 0.1) is 13.8 Å². The van der Waals surface area contributed by atoms with Gasteiger partial charge < -0.3 is 46.9 Å². The summed E-state index contributed by atoms with van der Waals surface area (Å²) in [6.07, 6.45) is 11.4. The molecule has 7 rings (SSSR count). The lowest BCUT2D eigenvalue weighted by molar-refractivity contribution is 0.0480. The Bertz CT molecular complexity index is 3050. The molecule has 0 aliphatic carbocycles. The Morgan fingerprint density at radius 3 is 1.01 bits per heavy atom. The number of carbonyl (C=O) groups is 7. The minimum absolute atomic E-state index is 0.00708. The van der Waals surface area contributed by atoms with Gasteiger partial charge in [-0.25, -0.2) is 33.6 Å². The first-order valence-electron chi connectivity index (χ1n) is 24.8. The summed E-state index contributed by atoms with van der Waals surface area (Å²) in [6, 6.07) is 8.96. The van der Waals surface area contributed by atoms with E-state index < -0.39 is 64.1 Å². The first-order valence-corrected chi connectivity index (χ1v) is 27.2. The first-order chi connectivity index (χ1) is 36.8. The van der Waals surface area contributed by atoms with Gasteiger partial charge in [0.15, 0.2) is 23.0 Å². The minimum atomic E-state index is -2.42. The van der Waals surface area contributed by atoms with Crippen LogP contribution in [0.15, 0.2) is 79.9 Å². The number of ether oxygens (including phenoxy) is 8. The average molecular weight is 1100 g/mol. The van der Waals surface area contributed by atoms with E-state index in [1.807, 2.05) is 39.8 Å². The molecule has 0 saturated carbocycles. The molecular formula is C54H60N4O17P2. The van der Waals surface area contributed by atoms with Gasteiger partial charge >= 0.3 is 58.7 Å². The zero-order valence-corrected chi connectivity index (χ0v) is 46.4. The second-order valence-corrected chi connectivity index (χ2v) is 20.6. The number of rotatable bonds is 22. The molecule has 0 spiro atoms. The number of esters is 7. The zero-order valence-electron chi connectivity index (χ0n) is 44.6. The van der Waals surface area contributed by atoms with Gasteiger partial charge in [-0.15, -0.1) is 0 Å². The van der Waals surface area contributed by atoms with Crippen LogP contribution in [-0.4, -0.2) is 105 Å². The molecule has 77 heavy (non-hydrogen) atoms. The molecule has 0 radical (unpaired) electrons. The van der Waals surface area contributed by atoms with Crippen LogP contribution in [0.3, 0.4) is 0 Å². The van der Waals surface area contributed by atoms with Crippen molar-refractivity contribution in [3.05, 3.63) is 141 Å². The van der Waals surface area contributed by atoms with Crippen LogP contribution < -0.4 is 13.8 Å². The van der Waals surface area contributed by atoms with E-state index in [2.05, 4.69) is 0 Å². The van der Waals surface area contributed by atoms with Gasteiger partial charge in [0.25, 0.3) is 0 Å². The van der Waals surface area contributed by atoms with Crippen molar-refractivity contribution in [2.24, 2.45) is 0 Å². The molecule has 0 amide bonds. The van der Waals surface area contributed by atoms with Crippen LogP contribution >= 0.6 is 16.9 Å². The van der Waals surface area contributed by atoms with E-state index in [-0.39, 0.29) is 108 Å². The number of fused-ring (bicyclic) bond motifs is 2. The van der Waals surface area contributed by atoms with E-state index in [4.69, 9.17) is 46.9 Å². The maximum atomic E-state index is 13.5. The lowest BCUT2D eigenvalue weighted by Gasteiger charge is -2.37. The van der Waals surface area contributed by atoms with Crippen molar-refractivity contribution in [1.82, 2.24) is 17.4 Å². The lowest BCUT2D eigenvalue weighted by Crippen LogP contribution is -2.25. The summed E-state index contributed by atoms with van der Waals surface area (Å²) >= 11 is 0. The zero-order chi connectivity index (χ0) is 55.9. The van der Waals surface area contributed by atoms with E-state index in [1.165, 1.54) is 56.4 Å². The normalized spacial score (nSPS) is 12.6. The van der Waals surface area contributed by atoms with Gasteiger partial charge in [0.05, 0.1) is 85.2 Å². The Morgan fingerprint density at radius 1 is 0.429 bits per heavy atom. The first kappa shape index (κ1) is 56.8. The number of hydrogen-bond acceptors (Lipinski definition) is 17. The van der Waals surface area contributed by atoms with Crippen molar-refractivity contribution in [3.8, 4) is 23.0 Å². The highest BCUT2D eigenvalue weighted by molar-refractivity contribution is 7.50. The summed E-state index contributed by atoms with van der Waals surface area (Å²) in [7, 11) is -4.62. The van der Waals surface area contributed by atoms with Crippen LogP contribution in [0.25, 0.3) is 0 Å². The van der Waals surface area contributed by atoms with Crippen molar-refractivity contribution in [2.45, 2.75) is 81.6 Å². The highest BCUT2D eigenvalue weighted by atomic mass is 31.2. The van der Waals surface area contributed by atoms with Gasteiger partial charge in [-0.3, -0.25) is 17.4 Å². The number of carbonyl (C=O) groups excluding carboxylic acids is 7. The summed E-state index contributed by atoms with van der Waals surface area (Å²) < 4.78 is 64.6. The Morgan fingerprint density at radius 2 is 0.714 bits per heavy atom. The molecule has 0 bridgehead atoms. The van der Waals surface area contributed by atoms with E-state index in [9.17, 15) is 33.6 Å². The highest BCUT2D eigenvalue weighted by Gasteiger charge is 2.41. The fraction of sp³-hybridized carbons (Fsp3) is 0.352. The third kappa shape index (κ3) is 11.9. The fourth-order valence-electron chi connectivity index (χ4n) is 8.28. The third-order valence-corrected chi connectivity index (χ3v) is 14.9. The summed E-state index contributed by atoms with van der Waals surface area (Å²) in [5.41, 5.74) is 1.53. The molecule has 1 unspecified atom stereocenters. The number of hydrogen-bond donors (Lipinski definition) is 0. The standard InChI is InChI=1S/C54H60N4O17P2/c1-12-66-47(59)34-19-20-55(25-34)76(56-26-35(48(60)67-13-2)36(27-56)49(61)68-14-3)74-43-23-32(8)21-41-45(43)73-46-42(54(41,10)11)22-33(9)24-44(46)75-77(57-28-37(50(62)69-15-4)38(29-57)51(63)70-16-5)58-30-39(52(64)71-17-6)40(31-58)53(65)72-18-7/h19-31H,12-18H2,1-11H3. The molecule has 1 aliphatic heterocycles. The molecule has 0 N–H and O–H groups in total. The van der Waals surface area contributed by atoms with Crippen LogP contribution in [0.1, 0.15) is 157 Å². The number of benzene rings is 2. The summed E-state index contributed by atoms with van der Waals surface area (Å²) in [5.74, 6) is -4.57. The van der Waals surface area contributed by atoms with E-state index >= 15 is 0 Å². The van der Waals surface area contributed by atoms with Crippen molar-refractivity contribution in [3.63, 3.8) is 0 Å². The Labute approximate surface area is 447 Å². The van der Waals surface area contributed by atoms with E-state index in [0.29, 0.717) is 11.1 Å². The Balaban J connectivity index is 1.43. The number of aryl methyl sites for hydroxylation is 2. The van der Waals surface area contributed by atoms with Gasteiger partial charge in [-0.2, -0.15) is 0 Å². The van der Waals surface area contributed by atoms with Crippen molar-refractivity contribution in [1.29, 1.82) is 0 Å². The van der Waals surface area contributed by atoms with Crippen LogP contribution in [-0.2, 0) is 38.6 Å². The van der Waals surface area contributed by atoms with Gasteiger partial charge in [-0.1, -0.05) is 26.0 Å². The Kier molecular flexibility index (Phi) is 18.0. The molecule has 0 saturated heterocycles. The molecule has 23 heteroatoms.